The van der Waals surface area contributed by atoms with Gasteiger partial charge in [-0.15, -0.1) is 0 Å². The van der Waals surface area contributed by atoms with E-state index in [1.807, 2.05) is 0 Å². The molecule has 0 aliphatic rings. The van der Waals surface area contributed by atoms with Crippen molar-refractivity contribution < 1.29 is 4.79 Å². The van der Waals surface area contributed by atoms with Gasteiger partial charge in [-0.25, -0.2) is 0 Å². The molecule has 5 heteroatoms. The van der Waals surface area contributed by atoms with Gasteiger partial charge < -0.3 is 11.5 Å². The molecule has 1 rings (SSSR count). The Morgan fingerprint density at radius 3 is 3.00 bits per heavy atom. The minimum absolute atomic E-state index is 0.0406. The van der Waals surface area contributed by atoms with Crippen LogP contribution in [0, 0.1) is 11.8 Å². The lowest BCUT2D eigenvalue weighted by Gasteiger charge is -1.78. The number of hydrogen-bond donors (Lipinski definition) is 3. The van der Waals surface area contributed by atoms with E-state index >= 15 is 0 Å². The van der Waals surface area contributed by atoms with Crippen molar-refractivity contribution in [1.29, 1.82) is 0 Å². The van der Waals surface area contributed by atoms with Crippen molar-refractivity contribution in [3.63, 3.8) is 0 Å². The van der Waals surface area contributed by atoms with Crippen LogP contribution in [0.3, 0.4) is 0 Å². The molecule has 1 aromatic rings. The van der Waals surface area contributed by atoms with Gasteiger partial charge in [-0.3, -0.25) is 9.89 Å². The summed E-state index contributed by atoms with van der Waals surface area (Å²) in [6, 6.07) is 1.58. The minimum atomic E-state index is -0.449. The molecule has 0 aromatic carbocycles. The molecule has 0 aliphatic carbocycles. The highest BCUT2D eigenvalue weighted by Gasteiger charge is 1.91. The molecular formula is C7H8N4O. The standard InChI is InChI=1S/C7H8N4O/c8-6-4-5(10-11-6)2-1-3-7(9)12/h4H,3H2,(H2,9,12)(H3,8,10,11). The first-order valence-corrected chi connectivity index (χ1v) is 3.26. The second kappa shape index (κ2) is 3.44. The smallest absolute Gasteiger partial charge is 0.229 e. The number of nitrogen functional groups attached to an aromatic ring is 1. The van der Waals surface area contributed by atoms with Crippen molar-refractivity contribution in [2.45, 2.75) is 6.42 Å². The van der Waals surface area contributed by atoms with Crippen LogP contribution >= 0.6 is 0 Å². The number of aromatic amines is 1. The average Bonchev–Trinajstić information content (AvgIpc) is 2.35. The number of nitrogens with zero attached hydrogens (tertiary/aromatic N) is 1. The molecule has 0 unspecified atom stereocenters. The number of carbonyl (C=O) groups excluding carboxylic acids is 1. The first-order chi connectivity index (χ1) is 5.68. The van der Waals surface area contributed by atoms with E-state index in [4.69, 9.17) is 11.5 Å². The third-order valence-electron chi connectivity index (χ3n) is 1.08. The Morgan fingerprint density at radius 2 is 2.50 bits per heavy atom. The lowest BCUT2D eigenvalue weighted by atomic mass is 10.3. The number of hydrogen-bond acceptors (Lipinski definition) is 3. The fourth-order valence-corrected chi connectivity index (χ4v) is 0.628. The van der Waals surface area contributed by atoms with Gasteiger partial charge in [0.15, 0.2) is 0 Å². The molecule has 1 heterocycles. The third kappa shape index (κ3) is 2.34. The number of anilines is 1. The summed E-state index contributed by atoms with van der Waals surface area (Å²) in [5, 5.41) is 6.23. The van der Waals surface area contributed by atoms with Crippen molar-refractivity contribution in [3.05, 3.63) is 11.8 Å². The van der Waals surface area contributed by atoms with Crippen LogP contribution in [0.1, 0.15) is 12.1 Å². The zero-order valence-electron chi connectivity index (χ0n) is 6.29. The fraction of sp³-hybridized carbons (Fsp3) is 0.143. The van der Waals surface area contributed by atoms with Crippen molar-refractivity contribution in [3.8, 4) is 11.8 Å². The van der Waals surface area contributed by atoms with E-state index in [0.717, 1.165) is 0 Å². The Morgan fingerprint density at radius 1 is 1.75 bits per heavy atom. The maximum atomic E-state index is 10.3. The Kier molecular flexibility index (Phi) is 2.33. The molecule has 0 atom stereocenters. The van der Waals surface area contributed by atoms with Gasteiger partial charge in [0.1, 0.15) is 11.5 Å². The summed E-state index contributed by atoms with van der Waals surface area (Å²) in [5.41, 5.74) is 10.8. The summed E-state index contributed by atoms with van der Waals surface area (Å²) < 4.78 is 0. The first-order valence-electron chi connectivity index (χ1n) is 3.26. The van der Waals surface area contributed by atoms with Crippen LogP contribution in [0.2, 0.25) is 0 Å². The van der Waals surface area contributed by atoms with Crippen molar-refractivity contribution in [2.24, 2.45) is 5.73 Å². The predicted octanol–water partition coefficient (Wildman–Crippen LogP) is -0.781. The highest BCUT2D eigenvalue weighted by molar-refractivity contribution is 5.76. The predicted molar refractivity (Wildman–Crippen MR) is 43.7 cm³/mol. The van der Waals surface area contributed by atoms with Crippen LogP contribution in [-0.2, 0) is 4.79 Å². The second-order valence-electron chi connectivity index (χ2n) is 2.15. The molecule has 0 bridgehead atoms. The highest BCUT2D eigenvalue weighted by atomic mass is 16.1. The molecular weight excluding hydrogens is 156 g/mol. The largest absolute Gasteiger partial charge is 0.382 e. The van der Waals surface area contributed by atoms with Gasteiger partial charge in [-0.05, 0) is 5.92 Å². The van der Waals surface area contributed by atoms with Gasteiger partial charge in [0.2, 0.25) is 5.91 Å². The number of aromatic nitrogens is 2. The lowest BCUT2D eigenvalue weighted by Crippen LogP contribution is -2.08. The number of nitrogens with one attached hydrogen (secondary N) is 1. The Labute approximate surface area is 69.1 Å². The fourth-order valence-electron chi connectivity index (χ4n) is 0.628. The number of H-pyrrole nitrogens is 1. The number of amides is 1. The van der Waals surface area contributed by atoms with E-state index in [0.29, 0.717) is 11.5 Å². The zero-order valence-corrected chi connectivity index (χ0v) is 6.29. The van der Waals surface area contributed by atoms with Gasteiger partial charge in [0.05, 0.1) is 6.42 Å². The number of rotatable bonds is 1. The summed E-state index contributed by atoms with van der Waals surface area (Å²) in [7, 11) is 0. The lowest BCUT2D eigenvalue weighted by molar-refractivity contribution is -0.117. The second-order valence-corrected chi connectivity index (χ2v) is 2.15. The topological polar surface area (TPSA) is 97.8 Å². The van der Waals surface area contributed by atoms with E-state index < -0.39 is 5.91 Å². The molecule has 0 saturated heterocycles. The molecule has 0 radical (unpaired) electrons. The highest BCUT2D eigenvalue weighted by Crippen LogP contribution is 1.97. The number of primary amides is 1. The van der Waals surface area contributed by atoms with E-state index in [9.17, 15) is 4.79 Å². The van der Waals surface area contributed by atoms with Gasteiger partial charge in [0, 0.05) is 6.07 Å². The number of nitrogens with two attached hydrogens (primary N) is 2. The maximum absolute atomic E-state index is 10.3. The van der Waals surface area contributed by atoms with Gasteiger partial charge in [-0.1, -0.05) is 5.92 Å². The molecule has 62 valence electrons. The van der Waals surface area contributed by atoms with Crippen molar-refractivity contribution in [2.75, 3.05) is 5.73 Å². The summed E-state index contributed by atoms with van der Waals surface area (Å²) in [6.45, 7) is 0. The normalized spacial score (nSPS) is 8.67. The average molecular weight is 164 g/mol. The molecule has 0 fully saturated rings. The van der Waals surface area contributed by atoms with Gasteiger partial charge in [0.25, 0.3) is 0 Å². The first kappa shape index (κ1) is 8.14. The molecule has 0 spiro atoms. The maximum Gasteiger partial charge on any atom is 0.229 e. The van der Waals surface area contributed by atoms with Crippen LogP contribution in [0.25, 0.3) is 0 Å². The Hall–Kier alpha value is -1.96. The van der Waals surface area contributed by atoms with Crippen molar-refractivity contribution in [1.82, 2.24) is 10.2 Å². The zero-order chi connectivity index (χ0) is 8.97. The number of carbonyl (C=O) groups is 1. The van der Waals surface area contributed by atoms with E-state index in [1.165, 1.54) is 0 Å². The SMILES string of the molecule is NC(=O)CC#Cc1cc(N)n[nH]1. The van der Waals surface area contributed by atoms with E-state index in [1.54, 1.807) is 6.07 Å². The van der Waals surface area contributed by atoms with Crippen LogP contribution in [0.15, 0.2) is 6.07 Å². The molecule has 5 nitrogen and oxygen atoms in total. The molecule has 1 aromatic heterocycles. The van der Waals surface area contributed by atoms with Gasteiger partial charge >= 0.3 is 0 Å². The molecule has 5 N–H and O–H groups in total. The Balaban J connectivity index is 2.60. The molecule has 12 heavy (non-hydrogen) atoms. The molecule has 0 saturated carbocycles. The Bertz CT molecular complexity index is 344. The summed E-state index contributed by atoms with van der Waals surface area (Å²) in [5.74, 6) is 5.14. The summed E-state index contributed by atoms with van der Waals surface area (Å²) in [4.78, 5) is 10.3. The van der Waals surface area contributed by atoms with Gasteiger partial charge in [-0.2, -0.15) is 5.10 Å². The summed E-state index contributed by atoms with van der Waals surface area (Å²) in [6.07, 6.45) is 0.0406. The molecule has 0 aliphatic heterocycles. The van der Waals surface area contributed by atoms with Crippen LogP contribution in [0.5, 0.6) is 0 Å². The molecule has 1 amide bonds. The van der Waals surface area contributed by atoms with Crippen LogP contribution < -0.4 is 11.5 Å². The quantitative estimate of drug-likeness (QED) is 0.475. The van der Waals surface area contributed by atoms with Crippen molar-refractivity contribution >= 4 is 11.7 Å². The van der Waals surface area contributed by atoms with E-state index in [2.05, 4.69) is 22.0 Å². The van der Waals surface area contributed by atoms with Crippen LogP contribution in [-0.4, -0.2) is 16.1 Å². The van der Waals surface area contributed by atoms with Crippen LogP contribution in [0.4, 0.5) is 5.82 Å². The minimum Gasteiger partial charge on any atom is -0.382 e. The third-order valence-corrected chi connectivity index (χ3v) is 1.08. The van der Waals surface area contributed by atoms with E-state index in [-0.39, 0.29) is 6.42 Å². The summed E-state index contributed by atoms with van der Waals surface area (Å²) >= 11 is 0. The monoisotopic (exact) mass is 164 g/mol.